The minimum Gasteiger partial charge on any atom is -0.306 e. The highest BCUT2D eigenvalue weighted by atomic mass is 32.1. The molecule has 0 atom stereocenters. The normalized spacial score (nSPS) is 12.0. The average molecular weight is 302 g/mol. The lowest BCUT2D eigenvalue weighted by molar-refractivity contribution is 0.597. The third kappa shape index (κ3) is 2.49. The van der Waals surface area contributed by atoms with E-state index in [-0.39, 0.29) is 16.8 Å². The lowest BCUT2D eigenvalue weighted by Crippen LogP contribution is -2.16. The molecule has 1 aromatic carbocycles. The van der Waals surface area contributed by atoms with Crippen LogP contribution in [0.25, 0.3) is 21.6 Å². The van der Waals surface area contributed by atoms with E-state index >= 15 is 0 Å². The monoisotopic (exact) mass is 302 g/mol. The van der Waals surface area contributed by atoms with Gasteiger partial charge in [0.05, 0.1) is 5.39 Å². The van der Waals surface area contributed by atoms with E-state index in [0.29, 0.717) is 21.6 Å². The SMILES string of the molecule is CC(C)(C)c1csc2nc(-c3ccc(F)cc3)[nH]c(=O)c12. The summed E-state index contributed by atoms with van der Waals surface area (Å²) >= 11 is 1.46. The summed E-state index contributed by atoms with van der Waals surface area (Å²) in [5.74, 6) is 0.156. The van der Waals surface area contributed by atoms with Crippen molar-refractivity contribution in [2.45, 2.75) is 26.2 Å². The van der Waals surface area contributed by atoms with Gasteiger partial charge in [0.15, 0.2) is 0 Å². The van der Waals surface area contributed by atoms with E-state index in [1.54, 1.807) is 12.1 Å². The number of hydrogen-bond acceptors (Lipinski definition) is 3. The maximum atomic E-state index is 13.0. The van der Waals surface area contributed by atoms with Crippen LogP contribution in [0.4, 0.5) is 4.39 Å². The van der Waals surface area contributed by atoms with E-state index < -0.39 is 0 Å². The summed E-state index contributed by atoms with van der Waals surface area (Å²) in [6.45, 7) is 6.21. The van der Waals surface area contributed by atoms with Gasteiger partial charge in [-0.1, -0.05) is 20.8 Å². The quantitative estimate of drug-likeness (QED) is 0.736. The van der Waals surface area contributed by atoms with Gasteiger partial charge in [-0.15, -0.1) is 11.3 Å². The molecule has 3 aromatic rings. The molecule has 3 rings (SSSR count). The first kappa shape index (κ1) is 13.9. The van der Waals surface area contributed by atoms with Crippen LogP contribution in [-0.4, -0.2) is 9.97 Å². The second-order valence-corrected chi connectivity index (χ2v) is 6.86. The summed E-state index contributed by atoms with van der Waals surface area (Å²) in [6, 6.07) is 5.93. The molecule has 2 heterocycles. The second-order valence-electron chi connectivity index (χ2n) is 6.00. The third-order valence-electron chi connectivity index (χ3n) is 3.37. The van der Waals surface area contributed by atoms with Gasteiger partial charge in [0.1, 0.15) is 16.5 Å². The zero-order valence-electron chi connectivity index (χ0n) is 12.0. The smallest absolute Gasteiger partial charge is 0.260 e. The summed E-state index contributed by atoms with van der Waals surface area (Å²) in [6.07, 6.45) is 0. The molecule has 0 bridgehead atoms. The lowest BCUT2D eigenvalue weighted by atomic mass is 9.87. The highest BCUT2D eigenvalue weighted by Gasteiger charge is 2.21. The number of nitrogens with zero attached hydrogens (tertiary/aromatic N) is 1. The van der Waals surface area contributed by atoms with Crippen molar-refractivity contribution < 1.29 is 4.39 Å². The second kappa shape index (κ2) is 4.77. The van der Waals surface area contributed by atoms with Crippen molar-refractivity contribution in [3.05, 3.63) is 51.4 Å². The predicted molar refractivity (Wildman–Crippen MR) is 84.3 cm³/mol. The molecule has 1 N–H and O–H groups in total. The molecule has 2 aromatic heterocycles. The van der Waals surface area contributed by atoms with Crippen LogP contribution in [0.3, 0.4) is 0 Å². The molecule has 0 aliphatic carbocycles. The predicted octanol–water partition coefficient (Wildman–Crippen LogP) is 4.09. The summed E-state index contributed by atoms with van der Waals surface area (Å²) in [5.41, 5.74) is 1.44. The van der Waals surface area contributed by atoms with E-state index in [1.807, 2.05) is 5.38 Å². The molecule has 0 fully saturated rings. The van der Waals surface area contributed by atoms with E-state index in [9.17, 15) is 9.18 Å². The molecule has 0 radical (unpaired) electrons. The van der Waals surface area contributed by atoms with Crippen molar-refractivity contribution in [2.75, 3.05) is 0 Å². The van der Waals surface area contributed by atoms with Crippen LogP contribution in [0.5, 0.6) is 0 Å². The number of nitrogens with one attached hydrogen (secondary N) is 1. The Morgan fingerprint density at radius 2 is 1.86 bits per heavy atom. The fraction of sp³-hybridized carbons (Fsp3) is 0.250. The maximum Gasteiger partial charge on any atom is 0.260 e. The van der Waals surface area contributed by atoms with Gasteiger partial charge in [0.25, 0.3) is 5.56 Å². The van der Waals surface area contributed by atoms with Gasteiger partial charge in [-0.25, -0.2) is 9.37 Å². The van der Waals surface area contributed by atoms with Crippen molar-refractivity contribution in [3.8, 4) is 11.4 Å². The molecule has 5 heteroatoms. The Hall–Kier alpha value is -2.01. The minimum atomic E-state index is -0.312. The van der Waals surface area contributed by atoms with Gasteiger partial charge in [0.2, 0.25) is 0 Å². The molecule has 0 spiro atoms. The van der Waals surface area contributed by atoms with Gasteiger partial charge in [-0.3, -0.25) is 4.79 Å². The molecule has 21 heavy (non-hydrogen) atoms. The largest absolute Gasteiger partial charge is 0.306 e. The number of thiophene rings is 1. The molecule has 0 unspecified atom stereocenters. The fourth-order valence-corrected chi connectivity index (χ4v) is 3.41. The molecule has 0 aliphatic heterocycles. The van der Waals surface area contributed by atoms with Crippen molar-refractivity contribution in [1.29, 1.82) is 0 Å². The van der Waals surface area contributed by atoms with Crippen LogP contribution in [0.15, 0.2) is 34.4 Å². The molecule has 0 amide bonds. The van der Waals surface area contributed by atoms with Crippen LogP contribution in [-0.2, 0) is 5.41 Å². The van der Waals surface area contributed by atoms with Crippen LogP contribution in [0.1, 0.15) is 26.3 Å². The van der Waals surface area contributed by atoms with Crippen LogP contribution in [0, 0.1) is 5.82 Å². The third-order valence-corrected chi connectivity index (χ3v) is 4.24. The van der Waals surface area contributed by atoms with Crippen LogP contribution < -0.4 is 5.56 Å². The first-order valence-corrected chi connectivity index (χ1v) is 7.52. The van der Waals surface area contributed by atoms with Gasteiger partial charge in [-0.2, -0.15) is 0 Å². The maximum absolute atomic E-state index is 13.0. The number of H-pyrrole nitrogens is 1. The number of aromatic nitrogens is 2. The number of rotatable bonds is 1. The van der Waals surface area contributed by atoms with E-state index in [4.69, 9.17) is 0 Å². The standard InChI is InChI=1S/C16H15FN2OS/c1-16(2,3)11-8-21-15-12(11)14(20)18-13(19-15)9-4-6-10(17)7-5-9/h4-8H,1-3H3,(H,18,19,20). The highest BCUT2D eigenvalue weighted by Crippen LogP contribution is 2.32. The fourth-order valence-electron chi connectivity index (χ4n) is 2.25. The summed E-state index contributed by atoms with van der Waals surface area (Å²) < 4.78 is 13.0. The van der Waals surface area contributed by atoms with E-state index in [0.717, 1.165) is 5.56 Å². The van der Waals surface area contributed by atoms with Crippen molar-refractivity contribution in [1.82, 2.24) is 9.97 Å². The van der Waals surface area contributed by atoms with Crippen molar-refractivity contribution >= 4 is 21.6 Å². The number of hydrogen-bond donors (Lipinski definition) is 1. The van der Waals surface area contributed by atoms with Crippen LogP contribution in [0.2, 0.25) is 0 Å². The molecule has 0 saturated heterocycles. The molecular weight excluding hydrogens is 287 g/mol. The van der Waals surface area contributed by atoms with Crippen molar-refractivity contribution in [2.24, 2.45) is 0 Å². The topological polar surface area (TPSA) is 45.8 Å². The average Bonchev–Trinajstić information content (AvgIpc) is 2.83. The van der Waals surface area contributed by atoms with Gasteiger partial charge in [0, 0.05) is 5.56 Å². The van der Waals surface area contributed by atoms with E-state index in [2.05, 4.69) is 30.7 Å². The molecule has 0 aliphatic rings. The van der Waals surface area contributed by atoms with Crippen molar-refractivity contribution in [3.63, 3.8) is 0 Å². The Balaban J connectivity index is 2.22. The number of fused-ring (bicyclic) bond motifs is 1. The Labute approximate surface area is 125 Å². The molecular formula is C16H15FN2OS. The lowest BCUT2D eigenvalue weighted by Gasteiger charge is -2.16. The Bertz CT molecular complexity index is 857. The highest BCUT2D eigenvalue weighted by molar-refractivity contribution is 7.16. The Morgan fingerprint density at radius 3 is 2.48 bits per heavy atom. The first-order chi connectivity index (χ1) is 9.86. The molecule has 3 nitrogen and oxygen atoms in total. The zero-order valence-corrected chi connectivity index (χ0v) is 12.8. The summed E-state index contributed by atoms with van der Waals surface area (Å²) in [5, 5.41) is 2.64. The van der Waals surface area contributed by atoms with E-state index in [1.165, 1.54) is 23.5 Å². The van der Waals surface area contributed by atoms with Crippen LogP contribution >= 0.6 is 11.3 Å². The number of benzene rings is 1. The van der Waals surface area contributed by atoms with Gasteiger partial charge < -0.3 is 4.98 Å². The summed E-state index contributed by atoms with van der Waals surface area (Å²) in [7, 11) is 0. The number of aromatic amines is 1. The molecule has 0 saturated carbocycles. The minimum absolute atomic E-state index is 0.107. The zero-order chi connectivity index (χ0) is 15.2. The summed E-state index contributed by atoms with van der Waals surface area (Å²) in [4.78, 5) is 20.4. The van der Waals surface area contributed by atoms with Gasteiger partial charge in [-0.05, 0) is 40.6 Å². The number of halogens is 1. The first-order valence-electron chi connectivity index (χ1n) is 6.64. The molecule has 108 valence electrons. The van der Waals surface area contributed by atoms with Gasteiger partial charge >= 0.3 is 0 Å². The Morgan fingerprint density at radius 1 is 1.19 bits per heavy atom. The Kier molecular flexibility index (Phi) is 3.17.